The summed E-state index contributed by atoms with van der Waals surface area (Å²) in [5.74, 6) is 1.13. The first-order valence-electron chi connectivity index (χ1n) is 7.50. The van der Waals surface area contributed by atoms with Crippen molar-refractivity contribution < 1.29 is 5.11 Å². The third-order valence-electron chi connectivity index (χ3n) is 5.40. The molecule has 0 bridgehead atoms. The number of hydrogen-bond acceptors (Lipinski definition) is 1. The van der Waals surface area contributed by atoms with Crippen molar-refractivity contribution >= 4 is 0 Å². The van der Waals surface area contributed by atoms with E-state index in [4.69, 9.17) is 0 Å². The van der Waals surface area contributed by atoms with Gasteiger partial charge in [0.25, 0.3) is 0 Å². The van der Waals surface area contributed by atoms with Crippen molar-refractivity contribution in [1.82, 2.24) is 0 Å². The molecule has 1 heteroatoms. The van der Waals surface area contributed by atoms with Crippen LogP contribution in [0.15, 0.2) is 30.3 Å². The van der Waals surface area contributed by atoms with Crippen LogP contribution in [0.3, 0.4) is 0 Å². The molecule has 3 unspecified atom stereocenters. The van der Waals surface area contributed by atoms with Crippen LogP contribution in [0.25, 0.3) is 0 Å². The second-order valence-corrected chi connectivity index (χ2v) is 6.28. The summed E-state index contributed by atoms with van der Waals surface area (Å²) in [4.78, 5) is 0. The molecule has 1 N–H and O–H groups in total. The van der Waals surface area contributed by atoms with E-state index in [1.807, 2.05) is 0 Å². The van der Waals surface area contributed by atoms with Gasteiger partial charge >= 0.3 is 0 Å². The number of aliphatic hydroxyl groups is 1. The predicted molar refractivity (Wildman–Crippen MR) is 74.5 cm³/mol. The first kappa shape index (κ1) is 12.2. The van der Waals surface area contributed by atoms with Crippen LogP contribution in [0.4, 0.5) is 0 Å². The zero-order valence-corrected chi connectivity index (χ0v) is 11.3. The molecule has 0 aromatic heterocycles. The Morgan fingerprint density at radius 3 is 2.50 bits per heavy atom. The molecule has 1 aromatic carbocycles. The number of benzene rings is 1. The molecular weight excluding hydrogens is 220 g/mol. The van der Waals surface area contributed by atoms with E-state index in [9.17, 15) is 5.11 Å². The first-order chi connectivity index (χ1) is 8.77. The van der Waals surface area contributed by atoms with Crippen molar-refractivity contribution in [3.63, 3.8) is 0 Å². The highest BCUT2D eigenvalue weighted by Gasteiger charge is 2.51. The molecule has 2 aliphatic carbocycles. The lowest BCUT2D eigenvalue weighted by Gasteiger charge is -2.33. The van der Waals surface area contributed by atoms with Crippen LogP contribution in [0.2, 0.25) is 0 Å². The molecule has 0 saturated heterocycles. The minimum absolute atomic E-state index is 0.0739. The molecule has 0 amide bonds. The van der Waals surface area contributed by atoms with E-state index in [0.29, 0.717) is 11.8 Å². The van der Waals surface area contributed by atoms with Crippen molar-refractivity contribution in [2.75, 3.05) is 0 Å². The van der Waals surface area contributed by atoms with Crippen LogP contribution in [0, 0.1) is 11.3 Å². The first-order valence-corrected chi connectivity index (χ1v) is 7.50. The molecule has 3 atom stereocenters. The molecule has 0 heterocycles. The average molecular weight is 244 g/mol. The molecule has 0 radical (unpaired) electrons. The fourth-order valence-electron chi connectivity index (χ4n) is 4.04. The Morgan fingerprint density at radius 1 is 1.22 bits per heavy atom. The summed E-state index contributed by atoms with van der Waals surface area (Å²) in [6, 6.07) is 10.7. The van der Waals surface area contributed by atoms with E-state index in [1.165, 1.54) is 37.7 Å². The monoisotopic (exact) mass is 244 g/mol. The lowest BCUT2D eigenvalue weighted by atomic mass is 9.75. The fraction of sp³-hybridized carbons (Fsp3) is 0.647. The summed E-state index contributed by atoms with van der Waals surface area (Å²) in [6.07, 6.45) is 7.36. The normalized spacial score (nSPS) is 31.2. The van der Waals surface area contributed by atoms with Crippen LogP contribution in [0.5, 0.6) is 0 Å². The molecule has 18 heavy (non-hydrogen) atoms. The molecule has 0 spiro atoms. The lowest BCUT2D eigenvalue weighted by molar-refractivity contribution is 0.00701. The number of hydrogen-bond donors (Lipinski definition) is 1. The van der Waals surface area contributed by atoms with Crippen molar-refractivity contribution in [2.24, 2.45) is 11.3 Å². The van der Waals surface area contributed by atoms with E-state index in [-0.39, 0.29) is 11.5 Å². The van der Waals surface area contributed by atoms with Crippen molar-refractivity contribution in [1.29, 1.82) is 0 Å². The highest BCUT2D eigenvalue weighted by molar-refractivity contribution is 5.27. The zero-order chi connectivity index (χ0) is 12.6. The maximum absolute atomic E-state index is 10.8. The van der Waals surface area contributed by atoms with Gasteiger partial charge in [0.2, 0.25) is 0 Å². The molecule has 98 valence electrons. The lowest BCUT2D eigenvalue weighted by Crippen LogP contribution is -2.34. The highest BCUT2D eigenvalue weighted by atomic mass is 16.3. The van der Waals surface area contributed by atoms with Crippen molar-refractivity contribution in [2.45, 2.75) is 57.5 Å². The van der Waals surface area contributed by atoms with Gasteiger partial charge in [-0.25, -0.2) is 0 Å². The van der Waals surface area contributed by atoms with Crippen LogP contribution in [-0.2, 0) is 0 Å². The minimum atomic E-state index is -0.0739. The van der Waals surface area contributed by atoms with Gasteiger partial charge in [-0.15, -0.1) is 0 Å². The SMILES string of the molecule is CCC1(C(O)C2CC2c2ccccc2)CCCC1. The highest BCUT2D eigenvalue weighted by Crippen LogP contribution is 2.57. The largest absolute Gasteiger partial charge is 0.392 e. The topological polar surface area (TPSA) is 20.2 Å². The van der Waals surface area contributed by atoms with Gasteiger partial charge in [-0.3, -0.25) is 0 Å². The Kier molecular flexibility index (Phi) is 3.19. The molecule has 3 rings (SSSR count). The minimum Gasteiger partial charge on any atom is -0.392 e. The van der Waals surface area contributed by atoms with Gasteiger partial charge < -0.3 is 5.11 Å². The standard InChI is InChI=1S/C17H24O/c1-2-17(10-6-7-11-17)16(18)15-12-14(15)13-8-4-3-5-9-13/h3-5,8-9,14-16,18H,2,6-7,10-12H2,1H3. The van der Waals surface area contributed by atoms with Crippen molar-refractivity contribution in [3.8, 4) is 0 Å². The third kappa shape index (κ3) is 1.99. The van der Waals surface area contributed by atoms with Gasteiger partial charge in [0.05, 0.1) is 6.10 Å². The summed E-state index contributed by atoms with van der Waals surface area (Å²) in [5.41, 5.74) is 1.67. The summed E-state index contributed by atoms with van der Waals surface area (Å²) in [5, 5.41) is 10.8. The second-order valence-electron chi connectivity index (χ2n) is 6.28. The molecule has 2 saturated carbocycles. The Morgan fingerprint density at radius 2 is 1.89 bits per heavy atom. The zero-order valence-electron chi connectivity index (χ0n) is 11.3. The number of aliphatic hydroxyl groups excluding tert-OH is 1. The molecule has 2 aliphatic rings. The Hall–Kier alpha value is -0.820. The average Bonchev–Trinajstić information content (AvgIpc) is 3.08. The van der Waals surface area contributed by atoms with Crippen LogP contribution >= 0.6 is 0 Å². The Labute approximate surface area is 110 Å². The third-order valence-corrected chi connectivity index (χ3v) is 5.40. The van der Waals surface area contributed by atoms with E-state index in [1.54, 1.807) is 0 Å². The summed E-state index contributed by atoms with van der Waals surface area (Å²) >= 11 is 0. The summed E-state index contributed by atoms with van der Waals surface area (Å²) < 4.78 is 0. The maximum atomic E-state index is 10.8. The molecule has 2 fully saturated rings. The van der Waals surface area contributed by atoms with Gasteiger partial charge in [-0.1, -0.05) is 50.1 Å². The molecule has 1 nitrogen and oxygen atoms in total. The smallest absolute Gasteiger partial charge is 0.0630 e. The summed E-state index contributed by atoms with van der Waals surface area (Å²) in [6.45, 7) is 2.26. The Bertz CT molecular complexity index is 391. The maximum Gasteiger partial charge on any atom is 0.0630 e. The van der Waals surface area contributed by atoms with Gasteiger partial charge in [0.15, 0.2) is 0 Å². The van der Waals surface area contributed by atoms with Crippen molar-refractivity contribution in [3.05, 3.63) is 35.9 Å². The van der Waals surface area contributed by atoms with Gasteiger partial charge in [-0.05, 0) is 48.5 Å². The van der Waals surface area contributed by atoms with Gasteiger partial charge in [0.1, 0.15) is 0 Å². The molecule has 0 aliphatic heterocycles. The fourth-order valence-corrected chi connectivity index (χ4v) is 4.04. The second kappa shape index (κ2) is 4.70. The molecular formula is C17H24O. The van der Waals surface area contributed by atoms with Crippen LogP contribution in [0.1, 0.15) is 56.9 Å². The predicted octanol–water partition coefficient (Wildman–Crippen LogP) is 4.12. The summed E-state index contributed by atoms with van der Waals surface area (Å²) in [7, 11) is 0. The van der Waals surface area contributed by atoms with E-state index >= 15 is 0 Å². The van der Waals surface area contributed by atoms with Gasteiger partial charge in [0, 0.05) is 0 Å². The van der Waals surface area contributed by atoms with E-state index < -0.39 is 0 Å². The van der Waals surface area contributed by atoms with E-state index in [0.717, 1.165) is 6.42 Å². The van der Waals surface area contributed by atoms with Crippen LogP contribution < -0.4 is 0 Å². The quantitative estimate of drug-likeness (QED) is 0.844. The Balaban J connectivity index is 1.70. The van der Waals surface area contributed by atoms with E-state index in [2.05, 4.69) is 37.3 Å². The molecule has 1 aromatic rings. The van der Waals surface area contributed by atoms with Gasteiger partial charge in [-0.2, -0.15) is 0 Å². The van der Waals surface area contributed by atoms with Crippen LogP contribution in [-0.4, -0.2) is 11.2 Å². The number of rotatable bonds is 4.